The van der Waals surface area contributed by atoms with Crippen molar-refractivity contribution in [1.82, 2.24) is 19.9 Å². The molecule has 1 N–H and O–H groups in total. The molecule has 0 radical (unpaired) electrons. The first-order valence-electron chi connectivity index (χ1n) is 10.1. The predicted octanol–water partition coefficient (Wildman–Crippen LogP) is 4.08. The quantitative estimate of drug-likeness (QED) is 0.475. The summed E-state index contributed by atoms with van der Waals surface area (Å²) in [5.74, 6) is 0.588. The van der Waals surface area contributed by atoms with Crippen LogP contribution in [0.3, 0.4) is 0 Å². The van der Waals surface area contributed by atoms with Gasteiger partial charge in [0.15, 0.2) is 5.65 Å². The van der Waals surface area contributed by atoms with E-state index >= 15 is 0 Å². The van der Waals surface area contributed by atoms with Crippen LogP contribution in [0.4, 0.5) is 0 Å². The maximum Gasteiger partial charge on any atom is 0.254 e. The van der Waals surface area contributed by atoms with Crippen LogP contribution < -0.4 is 10.1 Å². The third-order valence-corrected chi connectivity index (χ3v) is 5.08. The lowest BCUT2D eigenvalue weighted by Gasteiger charge is -2.10. The number of rotatable bonds is 7. The van der Waals surface area contributed by atoms with E-state index in [4.69, 9.17) is 4.74 Å². The number of carbonyl (C=O) groups is 1. The minimum atomic E-state index is -0.192. The van der Waals surface area contributed by atoms with Gasteiger partial charge < -0.3 is 10.1 Å². The Morgan fingerprint density at radius 1 is 1.07 bits per heavy atom. The molecule has 6 heteroatoms. The van der Waals surface area contributed by atoms with Crippen LogP contribution in [-0.4, -0.2) is 33.7 Å². The van der Waals surface area contributed by atoms with Gasteiger partial charge in [-0.25, -0.2) is 9.50 Å². The molecule has 2 aromatic heterocycles. The van der Waals surface area contributed by atoms with Crippen LogP contribution in [0.1, 0.15) is 28.5 Å². The molecule has 6 nitrogen and oxygen atoms in total. The minimum Gasteiger partial charge on any atom is -0.492 e. The summed E-state index contributed by atoms with van der Waals surface area (Å²) in [6, 6.07) is 17.9. The van der Waals surface area contributed by atoms with Crippen molar-refractivity contribution in [3.8, 4) is 16.9 Å². The second kappa shape index (κ2) is 8.78. The first-order chi connectivity index (χ1) is 14.7. The van der Waals surface area contributed by atoms with Gasteiger partial charge in [0.05, 0.1) is 24.0 Å². The Morgan fingerprint density at radius 3 is 2.57 bits per heavy atom. The molecule has 4 rings (SSSR count). The lowest BCUT2D eigenvalue weighted by atomic mass is 10.1. The number of benzene rings is 2. The van der Waals surface area contributed by atoms with E-state index in [1.165, 1.54) is 5.56 Å². The zero-order valence-electron chi connectivity index (χ0n) is 17.1. The summed E-state index contributed by atoms with van der Waals surface area (Å²) in [6.07, 6.45) is 4.41. The lowest BCUT2D eigenvalue weighted by Crippen LogP contribution is -2.29. The van der Waals surface area contributed by atoms with Gasteiger partial charge in [-0.15, -0.1) is 0 Å². The molecule has 0 atom stereocenters. The number of ether oxygens (including phenoxy) is 1. The number of nitrogens with zero attached hydrogens (tertiary/aromatic N) is 3. The number of carbonyl (C=O) groups excluding carboxylic acids is 1. The molecule has 0 aliphatic heterocycles. The maximum absolute atomic E-state index is 12.6. The molecule has 4 aromatic rings. The summed E-state index contributed by atoms with van der Waals surface area (Å²) >= 11 is 0. The van der Waals surface area contributed by atoms with Crippen LogP contribution in [-0.2, 0) is 6.42 Å². The smallest absolute Gasteiger partial charge is 0.254 e. The molecule has 1 amide bonds. The normalized spacial score (nSPS) is 10.9. The van der Waals surface area contributed by atoms with E-state index in [9.17, 15) is 4.79 Å². The molecule has 0 aliphatic rings. The van der Waals surface area contributed by atoms with Gasteiger partial charge in [0.2, 0.25) is 0 Å². The van der Waals surface area contributed by atoms with Crippen LogP contribution in [0, 0.1) is 6.92 Å². The van der Waals surface area contributed by atoms with Crippen molar-refractivity contribution in [2.45, 2.75) is 20.3 Å². The number of fused-ring (bicyclic) bond motifs is 1. The molecular formula is C24H24N4O2. The van der Waals surface area contributed by atoms with Crippen molar-refractivity contribution in [3.05, 3.63) is 83.8 Å². The number of nitrogens with one attached hydrogen (secondary N) is 1. The predicted molar refractivity (Wildman–Crippen MR) is 117 cm³/mol. The molecule has 0 bridgehead atoms. The van der Waals surface area contributed by atoms with Crippen LogP contribution in [0.15, 0.2) is 67.0 Å². The third kappa shape index (κ3) is 4.03. The average Bonchev–Trinajstić information content (AvgIpc) is 3.23. The molecule has 0 aliphatic carbocycles. The van der Waals surface area contributed by atoms with E-state index in [2.05, 4.69) is 46.6 Å². The summed E-state index contributed by atoms with van der Waals surface area (Å²) in [5, 5.41) is 7.35. The fourth-order valence-corrected chi connectivity index (χ4v) is 3.34. The third-order valence-electron chi connectivity index (χ3n) is 5.08. The van der Waals surface area contributed by atoms with Gasteiger partial charge in [0.25, 0.3) is 5.91 Å². The average molecular weight is 400 g/mol. The summed E-state index contributed by atoms with van der Waals surface area (Å²) in [7, 11) is 0. The summed E-state index contributed by atoms with van der Waals surface area (Å²) in [6.45, 7) is 4.81. The number of amides is 1. The van der Waals surface area contributed by atoms with Crippen molar-refractivity contribution in [3.63, 3.8) is 0 Å². The SMILES string of the molecule is CCc1ccc(-c2cnn3c(C)c(C(=O)NCCOc4ccccc4)cnc23)cc1. The fraction of sp³-hybridized carbons (Fsp3) is 0.208. The second-order valence-electron chi connectivity index (χ2n) is 7.02. The molecule has 2 aromatic carbocycles. The van der Waals surface area contributed by atoms with Crippen molar-refractivity contribution in [2.75, 3.05) is 13.2 Å². The highest BCUT2D eigenvalue weighted by Gasteiger charge is 2.16. The first kappa shape index (κ1) is 19.6. The van der Waals surface area contributed by atoms with E-state index in [1.807, 2.05) is 37.3 Å². The van der Waals surface area contributed by atoms with E-state index in [0.717, 1.165) is 34.6 Å². The van der Waals surface area contributed by atoms with E-state index in [-0.39, 0.29) is 5.91 Å². The highest BCUT2D eigenvalue weighted by molar-refractivity contribution is 5.95. The van der Waals surface area contributed by atoms with Crippen molar-refractivity contribution >= 4 is 11.6 Å². The van der Waals surface area contributed by atoms with Gasteiger partial charge >= 0.3 is 0 Å². The molecule has 2 heterocycles. The monoisotopic (exact) mass is 400 g/mol. The standard InChI is InChI=1S/C24H24N4O2/c1-3-18-9-11-19(12-10-18)22-16-27-28-17(2)21(15-26-23(22)28)24(29)25-13-14-30-20-7-5-4-6-8-20/h4-12,15-16H,3,13-14H2,1-2H3,(H,25,29). The molecule has 0 saturated heterocycles. The number of aryl methyl sites for hydroxylation is 2. The molecule has 0 fully saturated rings. The van der Waals surface area contributed by atoms with Gasteiger partial charge in [-0.2, -0.15) is 5.10 Å². The fourth-order valence-electron chi connectivity index (χ4n) is 3.34. The molecule has 0 saturated carbocycles. The van der Waals surface area contributed by atoms with Gasteiger partial charge in [-0.1, -0.05) is 49.4 Å². The minimum absolute atomic E-state index is 0.192. The Labute approximate surface area is 175 Å². The lowest BCUT2D eigenvalue weighted by molar-refractivity contribution is 0.0945. The van der Waals surface area contributed by atoms with Gasteiger partial charge in [-0.05, 0) is 36.6 Å². The molecule has 0 unspecified atom stereocenters. The molecular weight excluding hydrogens is 376 g/mol. The molecule has 152 valence electrons. The van der Waals surface area contributed by atoms with Crippen LogP contribution >= 0.6 is 0 Å². The Hall–Kier alpha value is -3.67. The maximum atomic E-state index is 12.6. The number of para-hydroxylation sites is 1. The summed E-state index contributed by atoms with van der Waals surface area (Å²) in [5.41, 5.74) is 5.28. The largest absolute Gasteiger partial charge is 0.492 e. The zero-order chi connectivity index (χ0) is 20.9. The van der Waals surface area contributed by atoms with Crippen LogP contribution in [0.2, 0.25) is 0 Å². The van der Waals surface area contributed by atoms with Crippen LogP contribution in [0.5, 0.6) is 5.75 Å². The van der Waals surface area contributed by atoms with Crippen molar-refractivity contribution in [2.24, 2.45) is 0 Å². The van der Waals surface area contributed by atoms with Gasteiger partial charge in [-0.3, -0.25) is 4.79 Å². The van der Waals surface area contributed by atoms with Crippen molar-refractivity contribution < 1.29 is 9.53 Å². The summed E-state index contributed by atoms with van der Waals surface area (Å²) in [4.78, 5) is 17.1. The van der Waals surface area contributed by atoms with E-state index < -0.39 is 0 Å². The number of hydrogen-bond donors (Lipinski definition) is 1. The Kier molecular flexibility index (Phi) is 5.75. The highest BCUT2D eigenvalue weighted by Crippen LogP contribution is 2.25. The van der Waals surface area contributed by atoms with Gasteiger partial charge in [0, 0.05) is 11.8 Å². The highest BCUT2D eigenvalue weighted by atomic mass is 16.5. The number of hydrogen-bond acceptors (Lipinski definition) is 4. The Balaban J connectivity index is 1.47. The van der Waals surface area contributed by atoms with Gasteiger partial charge in [0.1, 0.15) is 12.4 Å². The topological polar surface area (TPSA) is 68.5 Å². The Bertz CT molecular complexity index is 1150. The molecule has 0 spiro atoms. The van der Waals surface area contributed by atoms with E-state index in [0.29, 0.717) is 18.7 Å². The second-order valence-corrected chi connectivity index (χ2v) is 7.02. The molecule has 30 heavy (non-hydrogen) atoms. The van der Waals surface area contributed by atoms with Crippen LogP contribution in [0.25, 0.3) is 16.8 Å². The van der Waals surface area contributed by atoms with Crippen molar-refractivity contribution in [1.29, 1.82) is 0 Å². The van der Waals surface area contributed by atoms with E-state index in [1.54, 1.807) is 16.9 Å². The first-order valence-corrected chi connectivity index (χ1v) is 10.1. The Morgan fingerprint density at radius 2 is 1.83 bits per heavy atom. The summed E-state index contributed by atoms with van der Waals surface area (Å²) < 4.78 is 7.33. The zero-order valence-corrected chi connectivity index (χ0v) is 17.1. The number of aromatic nitrogens is 3.